The minimum absolute atomic E-state index is 0.0725. The number of nitrogens with zero attached hydrogens (tertiary/aromatic N) is 4. The second kappa shape index (κ2) is 10.1. The van der Waals surface area contributed by atoms with Crippen LogP contribution < -0.4 is 9.47 Å². The molecule has 7 heteroatoms. The van der Waals surface area contributed by atoms with Gasteiger partial charge in [-0.15, -0.1) is 0 Å². The number of anilines is 1. The van der Waals surface area contributed by atoms with E-state index >= 15 is 0 Å². The van der Waals surface area contributed by atoms with Crippen LogP contribution in [-0.2, 0) is 12.3 Å². The molecule has 1 aliphatic rings. The zero-order valence-electron chi connectivity index (χ0n) is 19.1. The third-order valence-electron chi connectivity index (χ3n) is 6.37. The molecule has 0 aliphatic carbocycles. The van der Waals surface area contributed by atoms with Gasteiger partial charge in [-0.2, -0.15) is 0 Å². The van der Waals surface area contributed by atoms with E-state index in [1.165, 1.54) is 37.8 Å². The molecule has 3 aromatic rings. The number of rotatable bonds is 10. The van der Waals surface area contributed by atoms with Gasteiger partial charge in [-0.05, 0) is 29.7 Å². The zero-order valence-corrected chi connectivity index (χ0v) is 19.1. The lowest BCUT2D eigenvalue weighted by Gasteiger charge is -2.28. The molecule has 0 saturated heterocycles. The van der Waals surface area contributed by atoms with E-state index in [1.54, 1.807) is 18.3 Å². The smallest absolute Gasteiger partial charge is 0.353 e. The Bertz CT molecular complexity index is 1090. The molecule has 33 heavy (non-hydrogen) atoms. The summed E-state index contributed by atoms with van der Waals surface area (Å²) in [5.74, 6) is 0.785. The largest absolute Gasteiger partial charge is 0.396 e. The van der Waals surface area contributed by atoms with Crippen LogP contribution in [0, 0.1) is 10.1 Å². The van der Waals surface area contributed by atoms with E-state index in [2.05, 4.69) is 11.9 Å². The fraction of sp³-hybridized carbons (Fsp3) is 0.385. The van der Waals surface area contributed by atoms with Gasteiger partial charge in [-0.3, -0.25) is 10.1 Å². The number of non-ortho nitro benzene ring substituents is 1. The van der Waals surface area contributed by atoms with Gasteiger partial charge in [-0.1, -0.05) is 68.3 Å². The molecule has 0 unspecified atom stereocenters. The Hall–Kier alpha value is -3.32. The summed E-state index contributed by atoms with van der Waals surface area (Å²) >= 11 is 0. The molecule has 1 atom stereocenters. The second-order valence-electron chi connectivity index (χ2n) is 8.66. The maximum absolute atomic E-state index is 11.8. The van der Waals surface area contributed by atoms with Gasteiger partial charge in [0.1, 0.15) is 12.7 Å². The van der Waals surface area contributed by atoms with Crippen molar-refractivity contribution < 1.29 is 14.6 Å². The summed E-state index contributed by atoms with van der Waals surface area (Å²) in [6.07, 6.45) is 10.8. The van der Waals surface area contributed by atoms with E-state index < -0.39 is 10.6 Å². The first-order valence-corrected chi connectivity index (χ1v) is 11.7. The molecular formula is C26H31N4O3+. The van der Waals surface area contributed by atoms with Crippen LogP contribution in [0.1, 0.15) is 51.0 Å². The fourth-order valence-electron chi connectivity index (χ4n) is 4.52. The van der Waals surface area contributed by atoms with Gasteiger partial charge in [0.2, 0.25) is 5.72 Å². The van der Waals surface area contributed by atoms with Crippen molar-refractivity contribution in [3.63, 3.8) is 0 Å². The molecule has 7 nitrogen and oxygen atoms in total. The molecule has 0 fully saturated rings. The maximum Gasteiger partial charge on any atom is 0.396 e. The third-order valence-corrected chi connectivity index (χ3v) is 6.37. The summed E-state index contributed by atoms with van der Waals surface area (Å²) in [7, 11) is 0. The van der Waals surface area contributed by atoms with Crippen molar-refractivity contribution in [3.05, 3.63) is 82.7 Å². The van der Waals surface area contributed by atoms with Gasteiger partial charge in [-0.25, -0.2) is 9.47 Å². The maximum atomic E-state index is 11.8. The molecule has 1 N–H and O–H groups in total. The van der Waals surface area contributed by atoms with Crippen molar-refractivity contribution in [3.8, 4) is 11.1 Å². The number of hydrogen-bond acceptors (Lipinski definition) is 5. The summed E-state index contributed by atoms with van der Waals surface area (Å²) in [6, 6.07) is 16.2. The van der Waals surface area contributed by atoms with Crippen LogP contribution >= 0.6 is 0 Å². The normalized spacial score (nSPS) is 17.2. The molecule has 172 valence electrons. The molecule has 0 bridgehead atoms. The first-order valence-electron chi connectivity index (χ1n) is 11.7. The van der Waals surface area contributed by atoms with E-state index in [9.17, 15) is 15.2 Å². The summed E-state index contributed by atoms with van der Waals surface area (Å²) in [6.45, 7) is 3.38. The van der Waals surface area contributed by atoms with Crippen LogP contribution in [0.3, 0.4) is 0 Å². The Balaban J connectivity index is 1.53. The van der Waals surface area contributed by atoms with Crippen molar-refractivity contribution in [1.82, 2.24) is 4.98 Å². The number of aromatic nitrogens is 2. The van der Waals surface area contributed by atoms with Gasteiger partial charge < -0.3 is 5.11 Å². The second-order valence-corrected chi connectivity index (χ2v) is 8.66. The average Bonchev–Trinajstić information content (AvgIpc) is 3.14. The molecular weight excluding hydrogens is 416 g/mol. The first-order chi connectivity index (χ1) is 16.0. The third kappa shape index (κ3) is 4.88. The zero-order chi connectivity index (χ0) is 23.3. The predicted octanol–water partition coefficient (Wildman–Crippen LogP) is 4.97. The van der Waals surface area contributed by atoms with Crippen LogP contribution in [0.2, 0.25) is 0 Å². The summed E-state index contributed by atoms with van der Waals surface area (Å²) in [5.41, 5.74) is 1.56. The predicted molar refractivity (Wildman–Crippen MR) is 128 cm³/mol. The van der Waals surface area contributed by atoms with Crippen molar-refractivity contribution in [2.75, 3.05) is 11.4 Å². The Kier molecular flexibility index (Phi) is 6.99. The van der Waals surface area contributed by atoms with Crippen LogP contribution in [0.5, 0.6) is 0 Å². The van der Waals surface area contributed by atoms with Crippen molar-refractivity contribution in [2.24, 2.45) is 0 Å². The molecule has 0 amide bonds. The molecule has 2 heterocycles. The first kappa shape index (κ1) is 22.9. The number of fused-ring (bicyclic) bond motifs is 1. The molecule has 1 aromatic heterocycles. The Morgan fingerprint density at radius 1 is 1.03 bits per heavy atom. The highest BCUT2D eigenvalue weighted by atomic mass is 16.6. The highest BCUT2D eigenvalue weighted by molar-refractivity contribution is 5.65. The topological polar surface area (TPSA) is 83.4 Å². The monoisotopic (exact) mass is 447 g/mol. The Morgan fingerprint density at radius 3 is 2.33 bits per heavy atom. The molecule has 4 rings (SSSR count). The molecule has 0 radical (unpaired) electrons. The van der Waals surface area contributed by atoms with Crippen LogP contribution in [0.4, 0.5) is 11.6 Å². The number of aliphatic hydroxyl groups is 1. The van der Waals surface area contributed by atoms with Crippen LogP contribution in [0.15, 0.2) is 67.0 Å². The number of nitro groups is 1. The number of hydrogen-bond donors (Lipinski definition) is 1. The highest BCUT2D eigenvalue weighted by Gasteiger charge is 2.51. The van der Waals surface area contributed by atoms with E-state index in [4.69, 9.17) is 0 Å². The van der Waals surface area contributed by atoms with E-state index in [0.717, 1.165) is 42.0 Å². The average molecular weight is 448 g/mol. The van der Waals surface area contributed by atoms with Gasteiger partial charge in [0.15, 0.2) is 0 Å². The summed E-state index contributed by atoms with van der Waals surface area (Å²) < 4.78 is 2.00. The lowest BCUT2D eigenvalue weighted by molar-refractivity contribution is -0.685. The Labute approximate surface area is 194 Å². The number of unbranched alkanes of at least 4 members (excludes halogenated alkanes) is 5. The standard InChI is InChI=1S/C26H31N4O3/c1-2-3-4-5-6-7-19-29-25-27-17-8-18-28(25)20-26(29,31)23-13-9-21(10-14-23)22-11-15-24(16-12-22)30(32)33/h8-18,31H,2-7,19-20H2,1H3/q+1/t26-/m1/s1. The van der Waals surface area contributed by atoms with Gasteiger partial charge in [0, 0.05) is 23.8 Å². The van der Waals surface area contributed by atoms with Crippen molar-refractivity contribution in [2.45, 2.75) is 57.7 Å². The number of nitro benzene ring substituents is 1. The van der Waals surface area contributed by atoms with E-state index in [0.29, 0.717) is 6.54 Å². The molecule has 0 saturated carbocycles. The summed E-state index contributed by atoms with van der Waals surface area (Å²) in [5, 5.41) is 22.7. The molecule has 0 spiro atoms. The lowest BCUT2D eigenvalue weighted by atomic mass is 9.97. The Morgan fingerprint density at radius 2 is 1.67 bits per heavy atom. The minimum atomic E-state index is -1.17. The van der Waals surface area contributed by atoms with Crippen molar-refractivity contribution >= 4 is 11.6 Å². The SMILES string of the molecule is CCCCCCCCN1c2nccc[n+]2C[C@@]1(O)c1ccc(-c2ccc([N+](=O)[O-])cc2)cc1. The van der Waals surface area contributed by atoms with Gasteiger partial charge >= 0.3 is 5.95 Å². The van der Waals surface area contributed by atoms with Gasteiger partial charge in [0.25, 0.3) is 5.69 Å². The highest BCUT2D eigenvalue weighted by Crippen LogP contribution is 2.35. The van der Waals surface area contributed by atoms with Crippen LogP contribution in [-0.4, -0.2) is 21.6 Å². The van der Waals surface area contributed by atoms with Crippen LogP contribution in [0.25, 0.3) is 11.1 Å². The minimum Gasteiger partial charge on any atom is -0.353 e. The van der Waals surface area contributed by atoms with E-state index in [1.807, 2.05) is 46.0 Å². The number of benzene rings is 2. The fourth-order valence-corrected chi connectivity index (χ4v) is 4.52. The molecule has 1 aliphatic heterocycles. The van der Waals surface area contributed by atoms with E-state index in [-0.39, 0.29) is 5.69 Å². The van der Waals surface area contributed by atoms with Gasteiger partial charge in [0.05, 0.1) is 17.7 Å². The quantitative estimate of drug-likeness (QED) is 0.205. The lowest BCUT2D eigenvalue weighted by Crippen LogP contribution is -2.46. The summed E-state index contributed by atoms with van der Waals surface area (Å²) in [4.78, 5) is 17.1. The molecule has 2 aromatic carbocycles. The van der Waals surface area contributed by atoms with Crippen molar-refractivity contribution in [1.29, 1.82) is 0 Å².